The van der Waals surface area contributed by atoms with Crippen LogP contribution in [-0.2, 0) is 5.41 Å². The van der Waals surface area contributed by atoms with Gasteiger partial charge in [0.05, 0.1) is 11.1 Å². The van der Waals surface area contributed by atoms with Gasteiger partial charge in [0.1, 0.15) is 0 Å². The molecule has 0 bridgehead atoms. The molecular weight excluding hydrogens is 366 g/mol. The Morgan fingerprint density at radius 1 is 0.897 bits per heavy atom. The molecule has 6 nitrogen and oxygen atoms in total. The van der Waals surface area contributed by atoms with Crippen LogP contribution in [0.1, 0.15) is 60.9 Å². The van der Waals surface area contributed by atoms with E-state index in [1.54, 1.807) is 18.2 Å². The minimum absolute atomic E-state index is 0.0403. The number of anilines is 2. The number of urea groups is 1. The summed E-state index contributed by atoms with van der Waals surface area (Å²) in [6.45, 7) is 10.7. The Morgan fingerprint density at radius 2 is 1.45 bits per heavy atom. The van der Waals surface area contributed by atoms with Crippen LogP contribution < -0.4 is 10.6 Å². The van der Waals surface area contributed by atoms with Gasteiger partial charge in [0.15, 0.2) is 0 Å². The summed E-state index contributed by atoms with van der Waals surface area (Å²) in [5.74, 6) is -0.417. The molecule has 1 aliphatic rings. The number of carbonyl (C=O) groups is 3. The summed E-state index contributed by atoms with van der Waals surface area (Å²) in [4.78, 5) is 38.6. The van der Waals surface area contributed by atoms with E-state index in [2.05, 4.69) is 31.4 Å². The van der Waals surface area contributed by atoms with E-state index in [1.807, 2.05) is 38.1 Å². The van der Waals surface area contributed by atoms with Crippen molar-refractivity contribution < 1.29 is 14.4 Å². The maximum Gasteiger partial charge on any atom is 0.323 e. The fraction of sp³-hybridized carbons (Fsp3) is 0.348. The van der Waals surface area contributed by atoms with Gasteiger partial charge in [0, 0.05) is 17.9 Å². The molecule has 0 saturated heterocycles. The monoisotopic (exact) mass is 393 g/mol. The minimum atomic E-state index is -0.413. The van der Waals surface area contributed by atoms with Crippen LogP contribution in [0.5, 0.6) is 0 Å². The van der Waals surface area contributed by atoms with Gasteiger partial charge in [0.2, 0.25) is 0 Å². The lowest BCUT2D eigenvalue weighted by atomic mass is 9.87. The zero-order valence-corrected chi connectivity index (χ0v) is 17.5. The summed E-state index contributed by atoms with van der Waals surface area (Å²) >= 11 is 0. The average molecular weight is 393 g/mol. The first-order valence-electron chi connectivity index (χ1n) is 9.75. The van der Waals surface area contributed by atoms with Crippen molar-refractivity contribution in [2.75, 3.05) is 17.2 Å². The maximum absolute atomic E-state index is 12.6. The smallest absolute Gasteiger partial charge is 0.308 e. The van der Waals surface area contributed by atoms with E-state index in [0.717, 1.165) is 0 Å². The number of hydrogen-bond donors (Lipinski definition) is 2. The summed E-state index contributed by atoms with van der Waals surface area (Å²) in [5.41, 5.74) is 3.04. The molecule has 0 unspecified atom stereocenters. The van der Waals surface area contributed by atoms with E-state index in [-0.39, 0.29) is 23.1 Å². The second-order valence-electron chi connectivity index (χ2n) is 8.78. The summed E-state index contributed by atoms with van der Waals surface area (Å²) in [6.07, 6.45) is 0. The van der Waals surface area contributed by atoms with Gasteiger partial charge in [-0.2, -0.15) is 0 Å². The number of carbonyl (C=O) groups excluding carboxylic acids is 3. The Morgan fingerprint density at radius 3 is 2.03 bits per heavy atom. The molecule has 0 saturated carbocycles. The molecule has 29 heavy (non-hydrogen) atoms. The first kappa shape index (κ1) is 20.6. The number of nitrogens with zero attached hydrogens (tertiary/aromatic N) is 1. The molecule has 6 heteroatoms. The standard InChI is InChI=1S/C23H27N3O3/c1-14(2)13-26-20(27)18-11-10-17(12-19(18)21(26)28)25-22(29)24-16-8-6-15(7-9-16)23(3,4)5/h6-12,14H,13H2,1-5H3,(H2,24,25,29). The normalized spacial score (nSPS) is 13.7. The van der Waals surface area contributed by atoms with E-state index in [1.165, 1.54) is 10.5 Å². The van der Waals surface area contributed by atoms with Gasteiger partial charge in [-0.15, -0.1) is 0 Å². The van der Waals surface area contributed by atoms with Gasteiger partial charge < -0.3 is 10.6 Å². The molecule has 1 aliphatic heterocycles. The predicted molar refractivity (Wildman–Crippen MR) is 114 cm³/mol. The lowest BCUT2D eigenvalue weighted by Gasteiger charge is -2.19. The molecule has 1 heterocycles. The largest absolute Gasteiger partial charge is 0.323 e. The lowest BCUT2D eigenvalue weighted by Crippen LogP contribution is -2.33. The Hall–Kier alpha value is -3.15. The summed E-state index contributed by atoms with van der Waals surface area (Å²) in [7, 11) is 0. The van der Waals surface area contributed by atoms with Crippen LogP contribution in [0.2, 0.25) is 0 Å². The fourth-order valence-electron chi connectivity index (χ4n) is 3.25. The number of fused-ring (bicyclic) bond motifs is 1. The van der Waals surface area contributed by atoms with Crippen LogP contribution in [0.15, 0.2) is 42.5 Å². The first-order chi connectivity index (χ1) is 13.6. The third kappa shape index (κ3) is 4.47. The quantitative estimate of drug-likeness (QED) is 0.727. The molecule has 152 valence electrons. The van der Waals surface area contributed by atoms with Gasteiger partial charge in [-0.25, -0.2) is 4.79 Å². The molecule has 3 rings (SSSR count). The van der Waals surface area contributed by atoms with Crippen molar-refractivity contribution in [1.29, 1.82) is 0 Å². The minimum Gasteiger partial charge on any atom is -0.308 e. The van der Waals surface area contributed by atoms with Crippen LogP contribution in [0.4, 0.5) is 16.2 Å². The Bertz CT molecular complexity index is 956. The molecule has 2 aromatic carbocycles. The Labute approximate surface area is 171 Å². The highest BCUT2D eigenvalue weighted by Gasteiger charge is 2.35. The lowest BCUT2D eigenvalue weighted by molar-refractivity contribution is 0.0636. The number of nitrogens with one attached hydrogen (secondary N) is 2. The summed E-state index contributed by atoms with van der Waals surface area (Å²) < 4.78 is 0. The van der Waals surface area contributed by atoms with Crippen molar-refractivity contribution in [2.24, 2.45) is 5.92 Å². The second-order valence-corrected chi connectivity index (χ2v) is 8.78. The van der Waals surface area contributed by atoms with Gasteiger partial charge in [-0.3, -0.25) is 14.5 Å². The van der Waals surface area contributed by atoms with Crippen LogP contribution in [0.25, 0.3) is 0 Å². The van der Waals surface area contributed by atoms with E-state index in [9.17, 15) is 14.4 Å². The number of imide groups is 1. The van der Waals surface area contributed by atoms with Gasteiger partial charge in [-0.1, -0.05) is 46.8 Å². The third-order valence-corrected chi connectivity index (χ3v) is 4.79. The van der Waals surface area contributed by atoms with Crippen LogP contribution in [0, 0.1) is 5.92 Å². The summed E-state index contributed by atoms with van der Waals surface area (Å²) in [6, 6.07) is 12.0. The highest BCUT2D eigenvalue weighted by atomic mass is 16.2. The number of benzene rings is 2. The summed E-state index contributed by atoms with van der Waals surface area (Å²) in [5, 5.41) is 5.50. The third-order valence-electron chi connectivity index (χ3n) is 4.79. The first-order valence-corrected chi connectivity index (χ1v) is 9.75. The Balaban J connectivity index is 1.69. The van der Waals surface area contributed by atoms with Crippen molar-refractivity contribution in [1.82, 2.24) is 4.90 Å². The van der Waals surface area contributed by atoms with Crippen LogP contribution in [-0.4, -0.2) is 29.3 Å². The van der Waals surface area contributed by atoms with E-state index < -0.39 is 6.03 Å². The van der Waals surface area contributed by atoms with Gasteiger partial charge >= 0.3 is 6.03 Å². The molecule has 0 aromatic heterocycles. The maximum atomic E-state index is 12.6. The predicted octanol–water partition coefficient (Wildman–Crippen LogP) is 4.88. The zero-order chi connectivity index (χ0) is 21.3. The molecule has 0 radical (unpaired) electrons. The molecule has 0 spiro atoms. The fourth-order valence-corrected chi connectivity index (χ4v) is 3.25. The Kier molecular flexibility index (Phi) is 5.46. The second kappa shape index (κ2) is 7.70. The van der Waals surface area contributed by atoms with E-state index in [0.29, 0.717) is 29.0 Å². The highest BCUT2D eigenvalue weighted by molar-refractivity contribution is 6.22. The zero-order valence-electron chi connectivity index (χ0n) is 17.5. The topological polar surface area (TPSA) is 78.5 Å². The molecular formula is C23H27N3O3. The molecule has 2 aromatic rings. The molecule has 4 amide bonds. The van der Waals surface area contributed by atoms with Crippen molar-refractivity contribution in [3.05, 3.63) is 59.2 Å². The van der Waals surface area contributed by atoms with E-state index in [4.69, 9.17) is 0 Å². The van der Waals surface area contributed by atoms with Gasteiger partial charge in [0.25, 0.3) is 11.8 Å². The van der Waals surface area contributed by atoms with Crippen LogP contribution in [0.3, 0.4) is 0 Å². The highest BCUT2D eigenvalue weighted by Crippen LogP contribution is 2.27. The van der Waals surface area contributed by atoms with Crippen molar-refractivity contribution >= 4 is 29.2 Å². The number of hydrogen-bond acceptors (Lipinski definition) is 3. The van der Waals surface area contributed by atoms with Crippen molar-refractivity contribution in [2.45, 2.75) is 40.0 Å². The van der Waals surface area contributed by atoms with Crippen molar-refractivity contribution in [3.8, 4) is 0 Å². The SMILES string of the molecule is CC(C)CN1C(=O)c2ccc(NC(=O)Nc3ccc(C(C)(C)C)cc3)cc2C1=O. The number of amides is 4. The average Bonchev–Trinajstić information content (AvgIpc) is 2.85. The van der Waals surface area contributed by atoms with Crippen LogP contribution >= 0.6 is 0 Å². The van der Waals surface area contributed by atoms with E-state index >= 15 is 0 Å². The van der Waals surface area contributed by atoms with Crippen molar-refractivity contribution in [3.63, 3.8) is 0 Å². The molecule has 0 aliphatic carbocycles. The number of rotatable bonds is 4. The van der Waals surface area contributed by atoms with Gasteiger partial charge in [-0.05, 0) is 47.2 Å². The molecule has 0 fully saturated rings. The molecule has 2 N–H and O–H groups in total. The molecule has 0 atom stereocenters.